The number of benzene rings is 1. The van der Waals surface area contributed by atoms with Crippen LogP contribution in [0.3, 0.4) is 0 Å². The number of para-hydroxylation sites is 1. The molecule has 5 heterocycles. The molecule has 1 aromatic rings. The van der Waals surface area contributed by atoms with Crippen molar-refractivity contribution in [1.82, 2.24) is 4.90 Å². The number of ether oxygens (including phenoxy) is 1. The van der Waals surface area contributed by atoms with Crippen LogP contribution in [0, 0.1) is 11.8 Å². The van der Waals surface area contributed by atoms with Crippen LogP contribution < -0.4 is 4.90 Å². The summed E-state index contributed by atoms with van der Waals surface area (Å²) in [6.45, 7) is 2.97. The van der Waals surface area contributed by atoms with E-state index in [1.807, 2.05) is 0 Å². The molecule has 1 spiro atoms. The molecule has 3 saturated heterocycles. The van der Waals surface area contributed by atoms with Crippen molar-refractivity contribution in [2.75, 3.05) is 24.6 Å². The molecule has 9 heteroatoms. The van der Waals surface area contributed by atoms with Crippen LogP contribution in [0.1, 0.15) is 24.8 Å². The van der Waals surface area contributed by atoms with Gasteiger partial charge in [-0.2, -0.15) is 4.89 Å². The molecular weight excluding hydrogens is 407 g/mol. The summed E-state index contributed by atoms with van der Waals surface area (Å²) in [7, 11) is -1.17. The van der Waals surface area contributed by atoms with Gasteiger partial charge < -0.3 is 20.6 Å². The van der Waals surface area contributed by atoms with Crippen molar-refractivity contribution in [3.05, 3.63) is 41.5 Å². The maximum absolute atomic E-state index is 13.2. The van der Waals surface area contributed by atoms with Gasteiger partial charge in [0.2, 0.25) is 5.91 Å². The van der Waals surface area contributed by atoms with E-state index in [0.717, 1.165) is 6.54 Å². The van der Waals surface area contributed by atoms with Crippen molar-refractivity contribution in [3.63, 3.8) is 0 Å². The third-order valence-electron chi connectivity index (χ3n) is 8.22. The maximum atomic E-state index is 13.2. The molecule has 1 amide bonds. The lowest BCUT2D eigenvalue weighted by Gasteiger charge is -2.58. The Morgan fingerprint density at radius 1 is 1.23 bits per heavy atom. The van der Waals surface area contributed by atoms with Crippen LogP contribution in [0.5, 0.6) is 0 Å². The molecule has 5 aliphatic heterocycles. The number of amides is 1. The number of carbonyl (C=O) groups is 1. The third-order valence-corrected chi connectivity index (χ3v) is 8.22. The molecule has 7 atom stereocenters. The molecular formula is C21H28N2O6P+. The molecule has 5 N–H and O–H groups in total. The molecule has 8 nitrogen and oxygen atoms in total. The Morgan fingerprint density at radius 2 is 2.00 bits per heavy atom. The van der Waals surface area contributed by atoms with Crippen LogP contribution in [0.4, 0.5) is 5.69 Å². The minimum absolute atomic E-state index is 0. The fraction of sp³-hybridized carbons (Fsp3) is 0.571. The summed E-state index contributed by atoms with van der Waals surface area (Å²) in [6.07, 6.45) is 5.43. The normalized spacial score (nSPS) is 39.0. The third kappa shape index (κ3) is 2.43. The van der Waals surface area contributed by atoms with Crippen molar-refractivity contribution in [1.29, 1.82) is 0 Å². The first-order valence-electron chi connectivity index (χ1n) is 10.2. The lowest BCUT2D eigenvalue weighted by atomic mass is 9.53. The summed E-state index contributed by atoms with van der Waals surface area (Å²) >= 11 is 0. The Labute approximate surface area is 176 Å². The highest BCUT2D eigenvalue weighted by atomic mass is 31.1. The molecule has 4 fully saturated rings. The zero-order chi connectivity index (χ0) is 19.0. The Hall–Kier alpha value is -1.67. The van der Waals surface area contributed by atoms with Crippen LogP contribution in [0.2, 0.25) is 0 Å². The van der Waals surface area contributed by atoms with Crippen LogP contribution in [-0.2, 0) is 19.5 Å². The van der Waals surface area contributed by atoms with Crippen molar-refractivity contribution >= 4 is 20.3 Å². The maximum Gasteiger partial charge on any atom is 0.491 e. The topological polar surface area (TPSA) is 133 Å². The molecule has 30 heavy (non-hydrogen) atoms. The summed E-state index contributed by atoms with van der Waals surface area (Å²) in [4.78, 5) is 25.1. The van der Waals surface area contributed by atoms with Crippen LogP contribution in [0.15, 0.2) is 35.9 Å². The largest absolute Gasteiger partial charge is 0.491 e. The number of fused-ring (bicyclic) bond motifs is 2. The van der Waals surface area contributed by atoms with Gasteiger partial charge in [-0.15, -0.1) is 0 Å². The van der Waals surface area contributed by atoms with Gasteiger partial charge in [0.25, 0.3) is 0 Å². The second-order valence-electron chi connectivity index (χ2n) is 8.87. The Morgan fingerprint density at radius 3 is 2.80 bits per heavy atom. The highest BCUT2D eigenvalue weighted by Crippen LogP contribution is 2.65. The molecule has 0 aromatic heterocycles. The van der Waals surface area contributed by atoms with Crippen molar-refractivity contribution in [2.45, 2.75) is 42.9 Å². The summed E-state index contributed by atoms with van der Waals surface area (Å²) < 4.78 is 14.8. The van der Waals surface area contributed by atoms with Gasteiger partial charge in [-0.25, -0.2) is 0 Å². The van der Waals surface area contributed by atoms with E-state index in [0.29, 0.717) is 36.9 Å². The molecule has 1 aliphatic carbocycles. The molecule has 2 bridgehead atoms. The molecule has 1 saturated carbocycles. The Bertz CT molecular complexity index is 909. The monoisotopic (exact) mass is 435 g/mol. The minimum atomic E-state index is -1.17. The average molecular weight is 435 g/mol. The molecule has 6 aliphatic rings. The van der Waals surface area contributed by atoms with E-state index in [2.05, 4.69) is 40.1 Å². The van der Waals surface area contributed by atoms with Crippen LogP contribution >= 0.6 is 8.69 Å². The first-order chi connectivity index (χ1) is 13.7. The Balaban J connectivity index is 0.000000414. The summed E-state index contributed by atoms with van der Waals surface area (Å²) in [6, 6.07) is 9.64. The highest BCUT2D eigenvalue weighted by Gasteiger charge is 2.70. The van der Waals surface area contributed by atoms with Gasteiger partial charge in [0, 0.05) is 29.6 Å². The first-order valence-corrected chi connectivity index (χ1v) is 11.0. The summed E-state index contributed by atoms with van der Waals surface area (Å²) in [5.74, 6) is 1.35. The second kappa shape index (κ2) is 7.48. The average Bonchev–Trinajstić information content (AvgIpc) is 3.17. The lowest BCUT2D eigenvalue weighted by Crippen LogP contribution is -2.69. The summed E-state index contributed by atoms with van der Waals surface area (Å²) in [5.41, 5.74) is 4.35. The number of hydrogen-bond donors (Lipinski definition) is 1. The predicted octanol–water partition coefficient (Wildman–Crippen LogP) is 0.361. The SMILES string of the molecule is O.O.O=C1C[C@@H]2OCC=C3CN4CC[C@]56c7ccccc7N1[C@H]5[C@H]2[C@H]3C[C@H]46.O=[PH+]O. The van der Waals surface area contributed by atoms with E-state index in [4.69, 9.17) is 14.2 Å². The van der Waals surface area contributed by atoms with E-state index in [-0.39, 0.29) is 28.4 Å². The van der Waals surface area contributed by atoms with Crippen molar-refractivity contribution < 1.29 is 29.9 Å². The number of rotatable bonds is 0. The van der Waals surface area contributed by atoms with Crippen molar-refractivity contribution in [3.8, 4) is 0 Å². The number of carbonyl (C=O) groups excluding carboxylic acids is 1. The minimum Gasteiger partial charge on any atom is -0.412 e. The zero-order valence-corrected chi connectivity index (χ0v) is 17.6. The standard InChI is InChI=1S/C21H22N2O2.HO2P.2H2O/c24-18-10-16-19-13-9-17-21(6-7-22(17)11-12(13)5-8-25-16)14-3-1-2-4-15(14)23(18)20(19)21;1-3-2;;/h1-5,13,16-17,19-20H,6-11H2;3H;2*1H2/p+1/t13-,16-,17-,19-,20-,21+;;;/m0.../s1. The van der Waals surface area contributed by atoms with Crippen LogP contribution in [-0.4, -0.2) is 64.5 Å². The van der Waals surface area contributed by atoms with Gasteiger partial charge in [-0.05, 0) is 41.5 Å². The molecule has 7 rings (SSSR count). The molecule has 0 radical (unpaired) electrons. The van der Waals surface area contributed by atoms with Gasteiger partial charge in [-0.1, -0.05) is 29.8 Å². The van der Waals surface area contributed by atoms with Gasteiger partial charge in [0.15, 0.2) is 0 Å². The molecule has 162 valence electrons. The van der Waals surface area contributed by atoms with E-state index in [1.165, 1.54) is 30.6 Å². The smallest absolute Gasteiger partial charge is 0.412 e. The van der Waals surface area contributed by atoms with Crippen LogP contribution in [0.25, 0.3) is 0 Å². The first kappa shape index (κ1) is 21.6. The van der Waals surface area contributed by atoms with Gasteiger partial charge in [0.05, 0.1) is 25.2 Å². The second-order valence-corrected chi connectivity index (χ2v) is 9.05. The highest BCUT2D eigenvalue weighted by molar-refractivity contribution is 7.16. The number of piperidine rings is 2. The molecule has 1 aromatic carbocycles. The van der Waals surface area contributed by atoms with E-state index in [1.54, 1.807) is 5.57 Å². The van der Waals surface area contributed by atoms with Gasteiger partial charge in [0.1, 0.15) is 0 Å². The van der Waals surface area contributed by atoms with E-state index < -0.39 is 8.69 Å². The van der Waals surface area contributed by atoms with Gasteiger partial charge in [-0.3, -0.25) is 9.69 Å². The lowest BCUT2D eigenvalue weighted by molar-refractivity contribution is -0.132. The number of anilines is 1. The van der Waals surface area contributed by atoms with E-state index in [9.17, 15) is 4.79 Å². The predicted molar refractivity (Wildman–Crippen MR) is 112 cm³/mol. The van der Waals surface area contributed by atoms with Gasteiger partial charge >= 0.3 is 8.69 Å². The zero-order valence-electron chi connectivity index (χ0n) is 16.6. The fourth-order valence-corrected chi connectivity index (χ4v) is 7.51. The Kier molecular flexibility index (Phi) is 5.37. The summed E-state index contributed by atoms with van der Waals surface area (Å²) in [5, 5.41) is 0. The molecule has 1 unspecified atom stereocenters. The quantitative estimate of drug-likeness (QED) is 0.464. The fourth-order valence-electron chi connectivity index (χ4n) is 7.51. The number of nitrogens with zero attached hydrogens (tertiary/aromatic N) is 2. The van der Waals surface area contributed by atoms with E-state index >= 15 is 0 Å². The van der Waals surface area contributed by atoms with Crippen molar-refractivity contribution in [2.24, 2.45) is 11.8 Å². The number of hydrogen-bond acceptors (Lipinski definition) is 4.